The van der Waals surface area contributed by atoms with Gasteiger partial charge < -0.3 is 4.74 Å². The fourth-order valence-electron chi connectivity index (χ4n) is 4.07. The molecule has 0 aromatic heterocycles. The van der Waals surface area contributed by atoms with Crippen LogP contribution in [0.2, 0.25) is 0 Å². The molecule has 5 rings (SSSR count). The highest BCUT2D eigenvalue weighted by atomic mass is 16.5. The van der Waals surface area contributed by atoms with Crippen LogP contribution in [-0.4, -0.2) is 7.11 Å². The van der Waals surface area contributed by atoms with Crippen molar-refractivity contribution in [3.63, 3.8) is 0 Å². The summed E-state index contributed by atoms with van der Waals surface area (Å²) in [6, 6.07) is 36.1. The molecule has 0 aliphatic rings. The van der Waals surface area contributed by atoms with Gasteiger partial charge in [0.1, 0.15) is 5.75 Å². The SMILES string of the molecule is COc1c(C=Cc2ccc3ccccc3c2)cccc1C=Cc1ccc2ccccc2c1. The average molecular weight is 413 g/mol. The van der Waals surface area contributed by atoms with E-state index in [1.54, 1.807) is 7.11 Å². The summed E-state index contributed by atoms with van der Waals surface area (Å²) in [6.45, 7) is 0. The number of hydrogen-bond acceptors (Lipinski definition) is 1. The van der Waals surface area contributed by atoms with Crippen molar-refractivity contribution in [2.75, 3.05) is 7.11 Å². The Hall–Kier alpha value is -4.10. The molecule has 0 saturated heterocycles. The zero-order chi connectivity index (χ0) is 21.8. The zero-order valence-electron chi connectivity index (χ0n) is 18.0. The Labute approximate surface area is 188 Å². The number of benzene rings is 5. The highest BCUT2D eigenvalue weighted by Gasteiger charge is 2.05. The van der Waals surface area contributed by atoms with Gasteiger partial charge in [-0.1, -0.05) is 115 Å². The fourth-order valence-corrected chi connectivity index (χ4v) is 4.07. The van der Waals surface area contributed by atoms with E-state index in [9.17, 15) is 0 Å². The van der Waals surface area contributed by atoms with Crippen molar-refractivity contribution < 1.29 is 4.74 Å². The quantitative estimate of drug-likeness (QED) is 0.264. The first kappa shape index (κ1) is 19.8. The van der Waals surface area contributed by atoms with Gasteiger partial charge in [-0.15, -0.1) is 0 Å². The van der Waals surface area contributed by atoms with E-state index in [4.69, 9.17) is 4.74 Å². The molecule has 0 aliphatic heterocycles. The summed E-state index contributed by atoms with van der Waals surface area (Å²) in [5, 5.41) is 4.99. The zero-order valence-corrected chi connectivity index (χ0v) is 18.0. The molecule has 0 radical (unpaired) electrons. The van der Waals surface area contributed by atoms with Crippen LogP contribution in [0.5, 0.6) is 5.75 Å². The third-order valence-electron chi connectivity index (χ3n) is 5.74. The van der Waals surface area contributed by atoms with E-state index in [1.165, 1.54) is 32.7 Å². The van der Waals surface area contributed by atoms with Crippen molar-refractivity contribution in [1.29, 1.82) is 0 Å². The average Bonchev–Trinajstić information content (AvgIpc) is 2.85. The Bertz CT molecular complexity index is 1350. The highest BCUT2D eigenvalue weighted by Crippen LogP contribution is 2.28. The lowest BCUT2D eigenvalue weighted by Crippen LogP contribution is -1.90. The van der Waals surface area contributed by atoms with Gasteiger partial charge in [0.05, 0.1) is 7.11 Å². The third kappa shape index (κ3) is 4.19. The maximum atomic E-state index is 5.79. The molecule has 0 aliphatic carbocycles. The van der Waals surface area contributed by atoms with Gasteiger partial charge in [-0.05, 0) is 44.8 Å². The summed E-state index contributed by atoms with van der Waals surface area (Å²) < 4.78 is 5.79. The number of fused-ring (bicyclic) bond motifs is 2. The minimum absolute atomic E-state index is 0.876. The summed E-state index contributed by atoms with van der Waals surface area (Å²) in [5.41, 5.74) is 4.45. The third-order valence-corrected chi connectivity index (χ3v) is 5.74. The van der Waals surface area contributed by atoms with Gasteiger partial charge in [-0.25, -0.2) is 0 Å². The second kappa shape index (κ2) is 8.95. The van der Waals surface area contributed by atoms with Gasteiger partial charge >= 0.3 is 0 Å². The Kier molecular flexibility index (Phi) is 5.55. The summed E-state index contributed by atoms with van der Waals surface area (Å²) >= 11 is 0. The monoisotopic (exact) mass is 412 g/mol. The number of para-hydroxylation sites is 1. The van der Waals surface area contributed by atoms with Gasteiger partial charge in [0.2, 0.25) is 0 Å². The van der Waals surface area contributed by atoms with Crippen molar-refractivity contribution in [2.24, 2.45) is 0 Å². The molecule has 1 heteroatoms. The summed E-state index contributed by atoms with van der Waals surface area (Å²) in [4.78, 5) is 0. The van der Waals surface area contributed by atoms with Crippen LogP contribution in [0.15, 0.2) is 103 Å². The second-order valence-corrected chi connectivity index (χ2v) is 7.85. The standard InChI is InChI=1S/C31H24O/c1-32-31-27(19-15-23-13-17-25-7-2-4-9-29(25)21-23)11-6-12-28(31)20-16-24-14-18-26-8-3-5-10-30(26)22-24/h2-22H,1H3. The van der Waals surface area contributed by atoms with E-state index in [0.29, 0.717) is 0 Å². The van der Waals surface area contributed by atoms with Crippen molar-refractivity contribution in [2.45, 2.75) is 0 Å². The van der Waals surface area contributed by atoms with Gasteiger partial charge in [-0.2, -0.15) is 0 Å². The molecule has 0 atom stereocenters. The molecule has 32 heavy (non-hydrogen) atoms. The molecule has 0 heterocycles. The van der Waals surface area contributed by atoms with Crippen LogP contribution in [0.4, 0.5) is 0 Å². The molecular formula is C31H24O. The number of rotatable bonds is 5. The van der Waals surface area contributed by atoms with Gasteiger partial charge in [0, 0.05) is 11.1 Å². The van der Waals surface area contributed by atoms with E-state index in [2.05, 4.69) is 127 Å². The molecule has 154 valence electrons. The first-order valence-corrected chi connectivity index (χ1v) is 10.8. The molecular weight excluding hydrogens is 388 g/mol. The molecule has 0 amide bonds. The maximum Gasteiger partial charge on any atom is 0.133 e. The van der Waals surface area contributed by atoms with E-state index >= 15 is 0 Å². The highest BCUT2D eigenvalue weighted by molar-refractivity contribution is 5.88. The minimum Gasteiger partial charge on any atom is -0.496 e. The van der Waals surface area contributed by atoms with Gasteiger partial charge in [-0.3, -0.25) is 0 Å². The molecule has 0 saturated carbocycles. The maximum absolute atomic E-state index is 5.79. The van der Waals surface area contributed by atoms with Gasteiger partial charge in [0.15, 0.2) is 0 Å². The predicted octanol–water partition coefficient (Wildman–Crippen LogP) is 8.34. The van der Waals surface area contributed by atoms with Crippen molar-refractivity contribution >= 4 is 45.8 Å². The van der Waals surface area contributed by atoms with Crippen LogP contribution in [0.1, 0.15) is 22.3 Å². The Morgan fingerprint density at radius 1 is 0.469 bits per heavy atom. The van der Waals surface area contributed by atoms with E-state index in [1.807, 2.05) is 0 Å². The van der Waals surface area contributed by atoms with Crippen molar-refractivity contribution in [3.8, 4) is 5.75 Å². The lowest BCUT2D eigenvalue weighted by Gasteiger charge is -2.09. The number of methoxy groups -OCH3 is 1. The molecule has 5 aromatic carbocycles. The smallest absolute Gasteiger partial charge is 0.133 e. The van der Waals surface area contributed by atoms with E-state index in [-0.39, 0.29) is 0 Å². The minimum atomic E-state index is 0.876. The molecule has 1 nitrogen and oxygen atoms in total. The first-order valence-electron chi connectivity index (χ1n) is 10.8. The largest absolute Gasteiger partial charge is 0.496 e. The fraction of sp³-hybridized carbons (Fsp3) is 0.0323. The number of ether oxygens (including phenoxy) is 1. The van der Waals surface area contributed by atoms with Crippen LogP contribution in [-0.2, 0) is 0 Å². The summed E-state index contributed by atoms with van der Waals surface area (Å²) in [6.07, 6.45) is 8.52. The first-order chi connectivity index (χ1) is 15.8. The normalized spacial score (nSPS) is 11.7. The Morgan fingerprint density at radius 3 is 1.41 bits per heavy atom. The lowest BCUT2D eigenvalue weighted by molar-refractivity contribution is 0.413. The predicted molar refractivity (Wildman–Crippen MR) is 139 cm³/mol. The lowest BCUT2D eigenvalue weighted by atomic mass is 10.0. The molecule has 0 bridgehead atoms. The molecule has 0 fully saturated rings. The molecule has 0 unspecified atom stereocenters. The van der Waals surface area contributed by atoms with Crippen LogP contribution >= 0.6 is 0 Å². The number of hydrogen-bond donors (Lipinski definition) is 0. The van der Waals surface area contributed by atoms with E-state index in [0.717, 1.165) is 16.9 Å². The molecule has 0 N–H and O–H groups in total. The summed E-state index contributed by atoms with van der Waals surface area (Å²) in [5.74, 6) is 0.876. The summed E-state index contributed by atoms with van der Waals surface area (Å²) in [7, 11) is 1.73. The molecule has 5 aromatic rings. The Balaban J connectivity index is 1.44. The van der Waals surface area contributed by atoms with Crippen LogP contribution in [0.25, 0.3) is 45.8 Å². The van der Waals surface area contributed by atoms with Crippen LogP contribution < -0.4 is 4.74 Å². The van der Waals surface area contributed by atoms with Crippen LogP contribution in [0.3, 0.4) is 0 Å². The second-order valence-electron chi connectivity index (χ2n) is 7.85. The molecule has 0 spiro atoms. The van der Waals surface area contributed by atoms with Crippen LogP contribution in [0, 0.1) is 0 Å². The van der Waals surface area contributed by atoms with Crippen molar-refractivity contribution in [1.82, 2.24) is 0 Å². The Morgan fingerprint density at radius 2 is 0.938 bits per heavy atom. The van der Waals surface area contributed by atoms with Gasteiger partial charge in [0.25, 0.3) is 0 Å². The van der Waals surface area contributed by atoms with Crippen molar-refractivity contribution in [3.05, 3.63) is 125 Å². The topological polar surface area (TPSA) is 9.23 Å². The van der Waals surface area contributed by atoms with E-state index < -0.39 is 0 Å².